The first-order chi connectivity index (χ1) is 8.52. The summed E-state index contributed by atoms with van der Waals surface area (Å²) in [6, 6.07) is 3.22. The van der Waals surface area contributed by atoms with E-state index in [0.717, 1.165) is 23.5 Å². The molecule has 1 aromatic heterocycles. The third-order valence-corrected chi connectivity index (χ3v) is 3.34. The summed E-state index contributed by atoms with van der Waals surface area (Å²) in [6.45, 7) is 1.69. The fourth-order valence-corrected chi connectivity index (χ4v) is 2.39. The van der Waals surface area contributed by atoms with Gasteiger partial charge in [-0.3, -0.25) is 0 Å². The zero-order valence-electron chi connectivity index (χ0n) is 9.66. The molecule has 0 spiro atoms. The lowest BCUT2D eigenvalue weighted by Crippen LogP contribution is -2.03. The number of ether oxygens (including phenoxy) is 1. The first-order valence-corrected chi connectivity index (χ1v) is 5.85. The van der Waals surface area contributed by atoms with Gasteiger partial charge in [-0.15, -0.1) is 11.3 Å². The van der Waals surface area contributed by atoms with Crippen LogP contribution in [0.5, 0.6) is 0 Å². The van der Waals surface area contributed by atoms with E-state index in [-0.39, 0.29) is 11.3 Å². The summed E-state index contributed by atoms with van der Waals surface area (Å²) in [5.74, 6) is -1.93. The molecular formula is C12H9F2NO2S. The summed E-state index contributed by atoms with van der Waals surface area (Å²) in [7, 11) is 1.25. The van der Waals surface area contributed by atoms with Crippen molar-refractivity contribution in [3.63, 3.8) is 0 Å². The van der Waals surface area contributed by atoms with Crippen LogP contribution in [-0.2, 0) is 4.74 Å². The number of nitrogens with zero attached hydrogens (tertiary/aromatic N) is 1. The molecule has 0 bridgehead atoms. The van der Waals surface area contributed by atoms with E-state index in [2.05, 4.69) is 9.72 Å². The number of aryl methyl sites for hydroxylation is 1. The fourth-order valence-electron chi connectivity index (χ4n) is 1.46. The molecule has 0 atom stereocenters. The standard InChI is InChI=1S/C12H9F2NO2S/c1-6-10(12(16)17-2)15-11(18-6)8-4-3-7(13)5-9(8)14/h3-5H,1-2H3. The van der Waals surface area contributed by atoms with Crippen LogP contribution in [0, 0.1) is 18.6 Å². The predicted octanol–water partition coefficient (Wildman–Crippen LogP) is 3.18. The Balaban J connectivity index is 2.49. The van der Waals surface area contributed by atoms with Crippen molar-refractivity contribution in [2.75, 3.05) is 7.11 Å². The molecule has 0 aliphatic rings. The Morgan fingerprint density at radius 2 is 2.11 bits per heavy atom. The van der Waals surface area contributed by atoms with Crippen LogP contribution in [0.2, 0.25) is 0 Å². The second-order valence-electron chi connectivity index (χ2n) is 3.54. The minimum absolute atomic E-state index is 0.154. The maximum atomic E-state index is 13.6. The third kappa shape index (κ3) is 2.24. The summed E-state index contributed by atoms with van der Waals surface area (Å²) in [5, 5.41) is 0.324. The summed E-state index contributed by atoms with van der Waals surface area (Å²) < 4.78 is 30.9. The van der Waals surface area contributed by atoms with Crippen LogP contribution in [-0.4, -0.2) is 18.1 Å². The van der Waals surface area contributed by atoms with Gasteiger partial charge in [-0.05, 0) is 19.1 Å². The summed E-state index contributed by atoms with van der Waals surface area (Å²) >= 11 is 1.16. The van der Waals surface area contributed by atoms with Crippen molar-refractivity contribution in [2.24, 2.45) is 0 Å². The number of rotatable bonds is 2. The number of benzene rings is 1. The largest absolute Gasteiger partial charge is 0.464 e. The fraction of sp³-hybridized carbons (Fsp3) is 0.167. The molecule has 0 saturated carbocycles. The number of hydrogen-bond acceptors (Lipinski definition) is 4. The summed E-state index contributed by atoms with van der Waals surface area (Å²) in [4.78, 5) is 16.0. The van der Waals surface area contributed by atoms with Crippen LogP contribution in [0.25, 0.3) is 10.6 Å². The van der Waals surface area contributed by atoms with Gasteiger partial charge in [0.05, 0.1) is 7.11 Å². The summed E-state index contributed by atoms with van der Waals surface area (Å²) in [6.07, 6.45) is 0. The Hall–Kier alpha value is -1.82. The van der Waals surface area contributed by atoms with E-state index in [4.69, 9.17) is 0 Å². The van der Waals surface area contributed by atoms with E-state index < -0.39 is 17.6 Å². The highest BCUT2D eigenvalue weighted by atomic mass is 32.1. The Labute approximate surface area is 106 Å². The number of aromatic nitrogens is 1. The number of halogens is 2. The van der Waals surface area contributed by atoms with Crippen LogP contribution in [0.4, 0.5) is 8.78 Å². The maximum absolute atomic E-state index is 13.6. The van der Waals surface area contributed by atoms with E-state index in [9.17, 15) is 13.6 Å². The van der Waals surface area contributed by atoms with Crippen molar-refractivity contribution in [1.82, 2.24) is 4.98 Å². The Kier molecular flexibility index (Phi) is 3.38. The zero-order chi connectivity index (χ0) is 13.3. The smallest absolute Gasteiger partial charge is 0.357 e. The first kappa shape index (κ1) is 12.6. The number of thiazole rings is 1. The van der Waals surface area contributed by atoms with E-state index in [1.54, 1.807) is 6.92 Å². The topological polar surface area (TPSA) is 39.2 Å². The van der Waals surface area contributed by atoms with Crippen LogP contribution in [0.3, 0.4) is 0 Å². The second-order valence-corrected chi connectivity index (χ2v) is 4.74. The average Bonchev–Trinajstić information content (AvgIpc) is 2.70. The van der Waals surface area contributed by atoms with Crippen LogP contribution < -0.4 is 0 Å². The van der Waals surface area contributed by atoms with E-state index >= 15 is 0 Å². The van der Waals surface area contributed by atoms with Crippen molar-refractivity contribution in [3.05, 3.63) is 40.4 Å². The molecule has 2 aromatic rings. The van der Waals surface area contributed by atoms with Crippen LogP contribution in [0.15, 0.2) is 18.2 Å². The van der Waals surface area contributed by atoms with Gasteiger partial charge in [0.2, 0.25) is 0 Å². The maximum Gasteiger partial charge on any atom is 0.357 e. The Morgan fingerprint density at radius 1 is 1.39 bits per heavy atom. The van der Waals surface area contributed by atoms with Crippen LogP contribution >= 0.6 is 11.3 Å². The molecule has 0 aliphatic heterocycles. The normalized spacial score (nSPS) is 10.4. The highest BCUT2D eigenvalue weighted by molar-refractivity contribution is 7.15. The molecule has 0 fully saturated rings. The van der Waals surface area contributed by atoms with Gasteiger partial charge in [-0.25, -0.2) is 18.6 Å². The molecule has 1 heterocycles. The lowest BCUT2D eigenvalue weighted by molar-refractivity contribution is 0.0594. The van der Waals surface area contributed by atoms with Gasteiger partial charge in [-0.2, -0.15) is 0 Å². The highest BCUT2D eigenvalue weighted by Gasteiger charge is 2.18. The monoisotopic (exact) mass is 269 g/mol. The van der Waals surface area contributed by atoms with Crippen molar-refractivity contribution in [2.45, 2.75) is 6.92 Å². The molecule has 6 heteroatoms. The quantitative estimate of drug-likeness (QED) is 0.786. The van der Waals surface area contributed by atoms with Gasteiger partial charge in [0.1, 0.15) is 16.6 Å². The zero-order valence-corrected chi connectivity index (χ0v) is 10.5. The number of esters is 1. The van der Waals surface area contributed by atoms with E-state index in [1.165, 1.54) is 13.2 Å². The van der Waals surface area contributed by atoms with Crippen molar-refractivity contribution in [1.29, 1.82) is 0 Å². The first-order valence-electron chi connectivity index (χ1n) is 5.04. The van der Waals surface area contributed by atoms with Gasteiger partial charge in [-0.1, -0.05) is 0 Å². The average molecular weight is 269 g/mol. The van der Waals surface area contributed by atoms with Crippen molar-refractivity contribution in [3.8, 4) is 10.6 Å². The van der Waals surface area contributed by atoms with E-state index in [0.29, 0.717) is 9.88 Å². The van der Waals surface area contributed by atoms with Crippen molar-refractivity contribution >= 4 is 17.3 Å². The molecule has 1 aromatic carbocycles. The van der Waals surface area contributed by atoms with Gasteiger partial charge >= 0.3 is 5.97 Å². The molecule has 0 unspecified atom stereocenters. The van der Waals surface area contributed by atoms with E-state index in [1.807, 2.05) is 0 Å². The van der Waals surface area contributed by atoms with Gasteiger partial charge in [0.15, 0.2) is 5.69 Å². The van der Waals surface area contributed by atoms with Crippen molar-refractivity contribution < 1.29 is 18.3 Å². The minimum Gasteiger partial charge on any atom is -0.464 e. The minimum atomic E-state index is -0.708. The Morgan fingerprint density at radius 3 is 2.72 bits per heavy atom. The SMILES string of the molecule is COC(=O)c1nc(-c2ccc(F)cc2F)sc1C. The Bertz CT molecular complexity index is 610. The molecule has 0 N–H and O–H groups in total. The number of hydrogen-bond donors (Lipinski definition) is 0. The van der Waals surface area contributed by atoms with Crippen LogP contribution in [0.1, 0.15) is 15.4 Å². The lowest BCUT2D eigenvalue weighted by Gasteiger charge is -1.98. The molecule has 0 aliphatic carbocycles. The molecule has 3 nitrogen and oxygen atoms in total. The lowest BCUT2D eigenvalue weighted by atomic mass is 10.2. The number of carbonyl (C=O) groups excluding carboxylic acids is 1. The van der Waals surface area contributed by atoms with Gasteiger partial charge in [0.25, 0.3) is 0 Å². The number of methoxy groups -OCH3 is 1. The number of carbonyl (C=O) groups is 1. The highest BCUT2D eigenvalue weighted by Crippen LogP contribution is 2.30. The molecule has 0 radical (unpaired) electrons. The van der Waals surface area contributed by atoms with Gasteiger partial charge < -0.3 is 4.74 Å². The predicted molar refractivity (Wildman–Crippen MR) is 63.5 cm³/mol. The summed E-state index contributed by atoms with van der Waals surface area (Å²) in [5.41, 5.74) is 0.320. The molecule has 0 amide bonds. The molecule has 94 valence electrons. The van der Waals surface area contributed by atoms with Gasteiger partial charge in [0, 0.05) is 16.5 Å². The molecular weight excluding hydrogens is 260 g/mol. The molecule has 0 saturated heterocycles. The molecule has 2 rings (SSSR count). The third-order valence-electron chi connectivity index (χ3n) is 2.34. The second kappa shape index (κ2) is 4.81. The molecule has 18 heavy (non-hydrogen) atoms.